The lowest BCUT2D eigenvalue weighted by molar-refractivity contribution is 0.218. The Bertz CT molecular complexity index is 244. The molecule has 0 heteroatoms. The Morgan fingerprint density at radius 3 is 1.15 bits per heavy atom. The van der Waals surface area contributed by atoms with E-state index in [2.05, 4.69) is 25.3 Å². The van der Waals surface area contributed by atoms with Gasteiger partial charge in [0.05, 0.1) is 0 Å². The van der Waals surface area contributed by atoms with Crippen molar-refractivity contribution < 1.29 is 0 Å². The third-order valence-electron chi connectivity index (χ3n) is 5.92. The predicted molar refractivity (Wildman–Crippen MR) is 89.8 cm³/mol. The Kier molecular flexibility index (Phi) is 6.90. The van der Waals surface area contributed by atoms with E-state index in [0.29, 0.717) is 0 Å². The van der Waals surface area contributed by atoms with Crippen LogP contribution in [0.3, 0.4) is 0 Å². The van der Waals surface area contributed by atoms with E-state index < -0.39 is 0 Å². The van der Waals surface area contributed by atoms with E-state index in [0.717, 1.165) is 23.7 Å². The van der Waals surface area contributed by atoms with E-state index in [-0.39, 0.29) is 0 Å². The SMILES string of the molecule is C=CC[C@H]1CC[C@H](CC[C@H]2CC[C@H](CC=C)CC2)CC1. The molecule has 0 aliphatic heterocycles. The summed E-state index contributed by atoms with van der Waals surface area (Å²) >= 11 is 0. The second-order valence-electron chi connectivity index (χ2n) is 7.40. The third-order valence-corrected chi connectivity index (χ3v) is 5.92. The lowest BCUT2D eigenvalue weighted by Gasteiger charge is -2.31. The molecular weight excluding hydrogens is 240 g/mol. The summed E-state index contributed by atoms with van der Waals surface area (Å²) in [6, 6.07) is 0. The molecule has 2 fully saturated rings. The fourth-order valence-corrected chi connectivity index (χ4v) is 4.45. The van der Waals surface area contributed by atoms with E-state index in [4.69, 9.17) is 0 Å². The van der Waals surface area contributed by atoms with Crippen LogP contribution in [0.1, 0.15) is 77.0 Å². The zero-order chi connectivity index (χ0) is 14.2. The van der Waals surface area contributed by atoms with Crippen molar-refractivity contribution in [1.29, 1.82) is 0 Å². The van der Waals surface area contributed by atoms with E-state index in [1.54, 1.807) is 0 Å². The molecule has 20 heavy (non-hydrogen) atoms. The van der Waals surface area contributed by atoms with Crippen molar-refractivity contribution in [2.24, 2.45) is 23.7 Å². The van der Waals surface area contributed by atoms with Gasteiger partial charge in [0.25, 0.3) is 0 Å². The van der Waals surface area contributed by atoms with Crippen LogP contribution < -0.4 is 0 Å². The van der Waals surface area contributed by atoms with E-state index in [9.17, 15) is 0 Å². The van der Waals surface area contributed by atoms with Crippen LogP contribution in [0.4, 0.5) is 0 Å². The van der Waals surface area contributed by atoms with Crippen molar-refractivity contribution in [1.82, 2.24) is 0 Å². The molecule has 0 bridgehead atoms. The van der Waals surface area contributed by atoms with Crippen molar-refractivity contribution in [2.45, 2.75) is 77.0 Å². The van der Waals surface area contributed by atoms with Crippen molar-refractivity contribution in [3.05, 3.63) is 25.3 Å². The number of hydrogen-bond donors (Lipinski definition) is 0. The van der Waals surface area contributed by atoms with Gasteiger partial charge in [0.1, 0.15) is 0 Å². The number of rotatable bonds is 7. The molecule has 0 heterocycles. The van der Waals surface area contributed by atoms with E-state index >= 15 is 0 Å². The first-order chi connectivity index (χ1) is 9.81. The Morgan fingerprint density at radius 2 is 0.850 bits per heavy atom. The van der Waals surface area contributed by atoms with Gasteiger partial charge in [-0.3, -0.25) is 0 Å². The summed E-state index contributed by atoms with van der Waals surface area (Å²) < 4.78 is 0. The zero-order valence-corrected chi connectivity index (χ0v) is 13.4. The molecule has 114 valence electrons. The summed E-state index contributed by atoms with van der Waals surface area (Å²) in [5.41, 5.74) is 0. The molecule has 0 radical (unpaired) electrons. The maximum absolute atomic E-state index is 3.88. The summed E-state index contributed by atoms with van der Waals surface area (Å²) in [5, 5.41) is 0. The second-order valence-corrected chi connectivity index (χ2v) is 7.40. The minimum Gasteiger partial charge on any atom is -0.103 e. The molecule has 0 saturated heterocycles. The fraction of sp³-hybridized carbons (Fsp3) is 0.800. The van der Waals surface area contributed by atoms with Gasteiger partial charge in [-0.05, 0) is 62.2 Å². The van der Waals surface area contributed by atoms with Gasteiger partial charge in [-0.15, -0.1) is 13.2 Å². The topological polar surface area (TPSA) is 0 Å². The van der Waals surface area contributed by atoms with Gasteiger partial charge < -0.3 is 0 Å². The van der Waals surface area contributed by atoms with Crippen LogP contribution in [-0.4, -0.2) is 0 Å². The molecule has 0 aromatic rings. The molecule has 0 aromatic heterocycles. The third kappa shape index (κ3) is 5.11. The first kappa shape index (κ1) is 15.9. The first-order valence-electron chi connectivity index (χ1n) is 9.03. The minimum atomic E-state index is 0.957. The predicted octanol–water partition coefficient (Wildman–Crippen LogP) is 6.53. The second kappa shape index (κ2) is 8.70. The molecule has 0 spiro atoms. The van der Waals surface area contributed by atoms with Gasteiger partial charge >= 0.3 is 0 Å². The summed E-state index contributed by atoms with van der Waals surface area (Å²) in [5.74, 6) is 4.00. The van der Waals surface area contributed by atoms with E-state index in [1.165, 1.54) is 77.0 Å². The molecule has 0 unspecified atom stereocenters. The largest absolute Gasteiger partial charge is 0.103 e. The monoisotopic (exact) mass is 274 g/mol. The highest BCUT2D eigenvalue weighted by Gasteiger charge is 2.23. The van der Waals surface area contributed by atoms with Gasteiger partial charge in [-0.25, -0.2) is 0 Å². The lowest BCUT2D eigenvalue weighted by atomic mass is 9.75. The van der Waals surface area contributed by atoms with Crippen molar-refractivity contribution in [2.75, 3.05) is 0 Å². The van der Waals surface area contributed by atoms with Gasteiger partial charge in [0.2, 0.25) is 0 Å². The molecule has 0 atom stereocenters. The lowest BCUT2D eigenvalue weighted by Crippen LogP contribution is -2.18. The summed E-state index contributed by atoms with van der Waals surface area (Å²) in [6.45, 7) is 7.77. The molecule has 0 amide bonds. The highest BCUT2D eigenvalue weighted by atomic mass is 14.3. The zero-order valence-electron chi connectivity index (χ0n) is 13.4. The number of allylic oxidation sites excluding steroid dienone is 2. The van der Waals surface area contributed by atoms with Crippen molar-refractivity contribution >= 4 is 0 Å². The van der Waals surface area contributed by atoms with Gasteiger partial charge in [0, 0.05) is 0 Å². The van der Waals surface area contributed by atoms with Crippen LogP contribution in [0.5, 0.6) is 0 Å². The van der Waals surface area contributed by atoms with Crippen LogP contribution in [0.15, 0.2) is 25.3 Å². The average Bonchev–Trinajstić information content (AvgIpc) is 2.49. The molecule has 0 aromatic carbocycles. The van der Waals surface area contributed by atoms with Crippen LogP contribution in [0.25, 0.3) is 0 Å². The Morgan fingerprint density at radius 1 is 0.550 bits per heavy atom. The summed E-state index contributed by atoms with van der Waals surface area (Å²) in [7, 11) is 0. The minimum absolute atomic E-state index is 0.957. The molecular formula is C20H34. The van der Waals surface area contributed by atoms with Crippen molar-refractivity contribution in [3.63, 3.8) is 0 Å². The molecule has 2 rings (SSSR count). The molecule has 2 saturated carbocycles. The van der Waals surface area contributed by atoms with Crippen LogP contribution in [0, 0.1) is 23.7 Å². The first-order valence-corrected chi connectivity index (χ1v) is 9.03. The highest BCUT2D eigenvalue weighted by molar-refractivity contribution is 4.81. The molecule has 0 nitrogen and oxygen atoms in total. The van der Waals surface area contributed by atoms with Crippen LogP contribution in [-0.2, 0) is 0 Å². The summed E-state index contributed by atoms with van der Waals surface area (Å²) in [6.07, 6.45) is 21.6. The Hall–Kier alpha value is -0.520. The van der Waals surface area contributed by atoms with Crippen LogP contribution >= 0.6 is 0 Å². The van der Waals surface area contributed by atoms with Crippen LogP contribution in [0.2, 0.25) is 0 Å². The van der Waals surface area contributed by atoms with Gasteiger partial charge in [0.15, 0.2) is 0 Å². The Labute approximate surface area is 126 Å². The van der Waals surface area contributed by atoms with E-state index in [1.807, 2.05) is 0 Å². The maximum Gasteiger partial charge on any atom is -0.0325 e. The standard InChI is InChI=1S/C20H34/c1-3-5-17-7-11-19(12-8-17)15-16-20-13-9-18(6-4-2)10-14-20/h3-4,17-20H,1-2,5-16H2/t17-,18-,19-,20-. The molecule has 2 aliphatic rings. The fourth-order valence-electron chi connectivity index (χ4n) is 4.45. The normalized spacial score (nSPS) is 34.6. The molecule has 2 aliphatic carbocycles. The van der Waals surface area contributed by atoms with Gasteiger partial charge in [-0.1, -0.05) is 50.7 Å². The van der Waals surface area contributed by atoms with Gasteiger partial charge in [-0.2, -0.15) is 0 Å². The summed E-state index contributed by atoms with van der Waals surface area (Å²) in [4.78, 5) is 0. The quantitative estimate of drug-likeness (QED) is 0.463. The Balaban J connectivity index is 1.57. The number of hydrogen-bond acceptors (Lipinski definition) is 0. The highest BCUT2D eigenvalue weighted by Crippen LogP contribution is 2.37. The smallest absolute Gasteiger partial charge is 0.0325 e. The van der Waals surface area contributed by atoms with Crippen molar-refractivity contribution in [3.8, 4) is 0 Å². The average molecular weight is 274 g/mol. The molecule has 0 N–H and O–H groups in total. The maximum atomic E-state index is 3.88.